The second-order valence-corrected chi connectivity index (χ2v) is 11.7. The highest BCUT2D eigenvalue weighted by molar-refractivity contribution is 7.54. The molecule has 2 rings (SSSR count). The number of anilines is 1. The van der Waals surface area contributed by atoms with Gasteiger partial charge < -0.3 is 34.7 Å². The lowest BCUT2D eigenvalue weighted by atomic mass is 9.93. The molecule has 0 bridgehead atoms. The molecule has 0 unspecified atom stereocenters. The number of ether oxygens (including phenoxy) is 3. The fraction of sp³-hybridized carbons (Fsp3) is 0.625. The van der Waals surface area contributed by atoms with Crippen molar-refractivity contribution in [1.29, 1.82) is 5.26 Å². The van der Waals surface area contributed by atoms with Gasteiger partial charge in [-0.3, -0.25) is 14.2 Å². The molecule has 0 amide bonds. The van der Waals surface area contributed by atoms with Crippen molar-refractivity contribution in [1.82, 2.24) is 24.8 Å². The summed E-state index contributed by atoms with van der Waals surface area (Å²) >= 11 is 0. The van der Waals surface area contributed by atoms with Gasteiger partial charge in [-0.25, -0.2) is 19.7 Å². The Morgan fingerprint density at radius 2 is 1.63 bits per heavy atom. The zero-order valence-corrected chi connectivity index (χ0v) is 24.9. The van der Waals surface area contributed by atoms with E-state index >= 15 is 0 Å². The summed E-state index contributed by atoms with van der Waals surface area (Å²) in [6.07, 6.45) is -3.54. The molecule has 17 heteroatoms. The molecule has 0 saturated heterocycles. The SMILES string of the molecule is CO[C@](C#N)(COP(=O)(N[C@@H](C)C(=O)OC(C)C)N[C@@H](C)C(=O)OC(C)C)[C@@H](O)[C@@H](O)c1ccc2c(N)ncnn12. The second-order valence-electron chi connectivity index (χ2n) is 9.79. The molecule has 0 aliphatic rings. The molecule has 0 aromatic carbocycles. The Kier molecular flexibility index (Phi) is 11.7. The van der Waals surface area contributed by atoms with E-state index in [0.29, 0.717) is 5.52 Å². The van der Waals surface area contributed by atoms with Crippen LogP contribution in [-0.4, -0.2) is 86.5 Å². The van der Waals surface area contributed by atoms with E-state index in [-0.39, 0.29) is 11.5 Å². The van der Waals surface area contributed by atoms with Gasteiger partial charge in [0.05, 0.1) is 17.9 Å². The molecule has 16 nitrogen and oxygen atoms in total. The van der Waals surface area contributed by atoms with E-state index in [9.17, 15) is 29.6 Å². The van der Waals surface area contributed by atoms with Crippen LogP contribution in [0, 0.1) is 11.3 Å². The Bertz CT molecular complexity index is 1260. The number of esters is 2. The van der Waals surface area contributed by atoms with Crippen LogP contribution in [0.2, 0.25) is 0 Å². The number of carbonyl (C=O) groups is 2. The number of hydrogen-bond donors (Lipinski definition) is 5. The van der Waals surface area contributed by atoms with Gasteiger partial charge in [-0.15, -0.1) is 0 Å². The number of aromatic nitrogens is 3. The van der Waals surface area contributed by atoms with Gasteiger partial charge in [0.1, 0.15) is 48.8 Å². The summed E-state index contributed by atoms with van der Waals surface area (Å²) in [7, 11) is -3.31. The van der Waals surface area contributed by atoms with Crippen LogP contribution in [0.25, 0.3) is 5.52 Å². The van der Waals surface area contributed by atoms with Crippen LogP contribution in [0.3, 0.4) is 0 Å². The lowest BCUT2D eigenvalue weighted by Crippen LogP contribution is -2.51. The summed E-state index contributed by atoms with van der Waals surface area (Å²) in [5.74, 6) is -1.42. The predicted molar refractivity (Wildman–Crippen MR) is 145 cm³/mol. The van der Waals surface area contributed by atoms with Gasteiger partial charge in [-0.2, -0.15) is 10.4 Å². The Morgan fingerprint density at radius 1 is 1.10 bits per heavy atom. The van der Waals surface area contributed by atoms with Crippen LogP contribution >= 0.6 is 7.67 Å². The molecule has 41 heavy (non-hydrogen) atoms. The highest BCUT2D eigenvalue weighted by Crippen LogP contribution is 2.42. The van der Waals surface area contributed by atoms with Crippen LogP contribution in [0.4, 0.5) is 5.82 Å². The molecule has 6 N–H and O–H groups in total. The maximum absolute atomic E-state index is 13.9. The Labute approximate surface area is 237 Å². The Balaban J connectivity index is 2.37. The third-order valence-electron chi connectivity index (χ3n) is 5.74. The lowest BCUT2D eigenvalue weighted by Gasteiger charge is -2.34. The number of fused-ring (bicyclic) bond motifs is 1. The molecule has 0 fully saturated rings. The van der Waals surface area contributed by atoms with Crippen LogP contribution < -0.4 is 15.9 Å². The first-order valence-corrected chi connectivity index (χ1v) is 14.3. The van der Waals surface area contributed by atoms with Crippen molar-refractivity contribution in [3.05, 3.63) is 24.2 Å². The molecule has 0 spiro atoms. The van der Waals surface area contributed by atoms with Gasteiger partial charge >= 0.3 is 19.6 Å². The third kappa shape index (κ3) is 8.43. The van der Waals surface area contributed by atoms with E-state index in [1.807, 2.05) is 0 Å². The number of nitrogens with zero attached hydrogens (tertiary/aromatic N) is 4. The summed E-state index contributed by atoms with van der Waals surface area (Å²) in [5.41, 5.74) is 3.92. The number of methoxy groups -OCH3 is 1. The van der Waals surface area contributed by atoms with Crippen molar-refractivity contribution < 1.29 is 43.1 Å². The number of aliphatic hydroxyl groups is 2. The molecular weight excluding hydrogens is 561 g/mol. The standard InChI is InChI=1S/C24H38N7O9P/c1-13(2)39-22(34)15(5)29-41(36,30-16(6)23(35)40-14(3)4)38-11-24(10-25,37-7)20(33)19(32)17-8-9-18-21(26)27-12-28-31(17)18/h8-9,12-16,19-20,32-33H,11H2,1-7H3,(H2,26,27,28)(H2,29,30,36)/t15-,16-,19-,20-,24+/m0/s1. The molecule has 0 aliphatic heterocycles. The van der Waals surface area contributed by atoms with Gasteiger partial charge in [0, 0.05) is 7.11 Å². The zero-order chi connectivity index (χ0) is 31.1. The Hall–Kier alpha value is -3.16. The largest absolute Gasteiger partial charge is 0.462 e. The molecular formula is C24H38N7O9P. The number of nitrogen functional groups attached to an aromatic ring is 1. The van der Waals surface area contributed by atoms with Crippen molar-refractivity contribution >= 4 is 30.9 Å². The quantitative estimate of drug-likeness (QED) is 0.139. The molecule has 5 atom stereocenters. The number of aliphatic hydroxyl groups excluding tert-OH is 2. The highest BCUT2D eigenvalue weighted by Gasteiger charge is 2.47. The molecule has 0 aliphatic carbocycles. The number of nitrogens with one attached hydrogen (secondary N) is 2. The average molecular weight is 600 g/mol. The van der Waals surface area contributed by atoms with Crippen LogP contribution in [-0.2, 0) is 32.9 Å². The van der Waals surface area contributed by atoms with E-state index in [1.54, 1.807) is 33.8 Å². The van der Waals surface area contributed by atoms with Crippen LogP contribution in [0.5, 0.6) is 0 Å². The fourth-order valence-electron chi connectivity index (χ4n) is 3.61. The smallest absolute Gasteiger partial charge is 0.342 e. The molecule has 2 heterocycles. The number of rotatable bonds is 15. The van der Waals surface area contributed by atoms with Crippen molar-refractivity contribution in [2.75, 3.05) is 19.5 Å². The monoisotopic (exact) mass is 599 g/mol. The number of hydrogen-bond acceptors (Lipinski definition) is 13. The van der Waals surface area contributed by atoms with E-state index in [2.05, 4.69) is 20.3 Å². The normalized spacial score (nSPS) is 16.5. The maximum Gasteiger partial charge on any atom is 0.342 e. The van der Waals surface area contributed by atoms with Gasteiger partial charge in [-0.1, -0.05) is 0 Å². The van der Waals surface area contributed by atoms with Crippen molar-refractivity contribution in [3.8, 4) is 6.07 Å². The van der Waals surface area contributed by atoms with Crippen LogP contribution in [0.1, 0.15) is 53.3 Å². The number of carbonyl (C=O) groups excluding carboxylic acids is 2. The minimum absolute atomic E-state index is 0.0489. The van der Waals surface area contributed by atoms with E-state index in [4.69, 9.17) is 24.5 Å². The number of nitriles is 1. The summed E-state index contributed by atoms with van der Waals surface area (Å²) in [6.45, 7) is 8.34. The van der Waals surface area contributed by atoms with Crippen molar-refractivity contribution in [2.45, 2.75) is 83.6 Å². The van der Waals surface area contributed by atoms with Gasteiger partial charge in [0.15, 0.2) is 5.82 Å². The fourth-order valence-corrected chi connectivity index (χ4v) is 5.43. The summed E-state index contributed by atoms with van der Waals surface area (Å²) in [6, 6.07) is 2.29. The first-order valence-electron chi connectivity index (χ1n) is 12.7. The summed E-state index contributed by atoms with van der Waals surface area (Å²) in [5, 5.41) is 41.1. The zero-order valence-electron chi connectivity index (χ0n) is 24.0. The predicted octanol–water partition coefficient (Wildman–Crippen LogP) is 0.599. The number of nitrogens with two attached hydrogens (primary N) is 1. The van der Waals surface area contributed by atoms with E-state index < -0.39 is 68.3 Å². The molecule has 2 aromatic rings. The highest BCUT2D eigenvalue weighted by atomic mass is 31.2. The first-order chi connectivity index (χ1) is 19.1. The molecule has 228 valence electrons. The Morgan fingerprint density at radius 3 is 2.10 bits per heavy atom. The van der Waals surface area contributed by atoms with Crippen molar-refractivity contribution in [2.24, 2.45) is 0 Å². The average Bonchev–Trinajstić information content (AvgIpc) is 3.33. The third-order valence-corrected chi connectivity index (χ3v) is 7.69. The topological polar surface area (TPSA) is 233 Å². The van der Waals surface area contributed by atoms with E-state index in [1.165, 1.54) is 30.5 Å². The molecule has 0 saturated carbocycles. The van der Waals surface area contributed by atoms with Gasteiger partial charge in [0.25, 0.3) is 0 Å². The van der Waals surface area contributed by atoms with E-state index in [0.717, 1.165) is 13.4 Å². The minimum Gasteiger partial charge on any atom is -0.462 e. The molecule has 2 aromatic heterocycles. The lowest BCUT2D eigenvalue weighted by molar-refractivity contribution is -0.149. The maximum atomic E-state index is 13.9. The first kappa shape index (κ1) is 34.0. The molecule has 0 radical (unpaired) electrons. The van der Waals surface area contributed by atoms with Gasteiger partial charge in [-0.05, 0) is 53.7 Å². The second kappa shape index (κ2) is 14.1. The van der Waals surface area contributed by atoms with Crippen molar-refractivity contribution in [3.63, 3.8) is 0 Å². The summed E-state index contributed by atoms with van der Waals surface area (Å²) < 4.78 is 36.3. The minimum atomic E-state index is -4.39. The van der Waals surface area contributed by atoms with Gasteiger partial charge in [0.2, 0.25) is 5.60 Å². The van der Waals surface area contributed by atoms with Crippen LogP contribution in [0.15, 0.2) is 18.5 Å². The summed E-state index contributed by atoms with van der Waals surface area (Å²) in [4.78, 5) is 28.7.